The normalized spacial score (nSPS) is 12.9. The van der Waals surface area contributed by atoms with Crippen LogP contribution < -0.4 is 14.5 Å². The van der Waals surface area contributed by atoms with E-state index in [-0.39, 0.29) is 5.92 Å². The monoisotopic (exact) mass is 1010 g/mol. The van der Waals surface area contributed by atoms with Crippen LogP contribution in [0.15, 0.2) is 279 Å². The minimum absolute atomic E-state index is 0.109. The summed E-state index contributed by atoms with van der Waals surface area (Å²) in [6, 6.07) is 98.5. The molecule has 0 saturated heterocycles. The number of pyridine rings is 1. The summed E-state index contributed by atoms with van der Waals surface area (Å²) in [5.41, 5.74) is 21.1. The van der Waals surface area contributed by atoms with Gasteiger partial charge in [-0.3, -0.25) is 4.57 Å². The van der Waals surface area contributed by atoms with Gasteiger partial charge in [0.15, 0.2) is 0 Å². The molecule has 0 radical (unpaired) electrons. The Kier molecular flexibility index (Phi) is 10.3. The largest absolute Gasteiger partial charge is 0.457 e. The molecule has 0 fully saturated rings. The van der Waals surface area contributed by atoms with E-state index in [1.54, 1.807) is 0 Å². The van der Waals surface area contributed by atoms with E-state index in [9.17, 15) is 0 Å². The number of hydrogen-bond acceptors (Lipinski definition) is 4. The van der Waals surface area contributed by atoms with Gasteiger partial charge in [-0.15, -0.1) is 0 Å². The molecule has 3 aromatic heterocycles. The fourth-order valence-corrected chi connectivity index (χ4v) is 12.9. The van der Waals surface area contributed by atoms with Crippen LogP contribution >= 0.6 is 0 Å². The molecule has 6 nitrogen and oxygen atoms in total. The molecule has 0 unspecified atom stereocenters. The van der Waals surface area contributed by atoms with Crippen molar-refractivity contribution < 1.29 is 4.74 Å². The second-order valence-electron chi connectivity index (χ2n) is 20.7. The van der Waals surface area contributed by atoms with Gasteiger partial charge in [-0.1, -0.05) is 182 Å². The number of aromatic nitrogens is 3. The predicted molar refractivity (Wildman–Crippen MR) is 325 cm³/mol. The number of ether oxygens (including phenoxy) is 1. The standard InChI is InChI=1S/C73H49N5O/c1-3-20-48(21-4-1)63-44-52(77-65-33-14-11-28-57(65)58-29-12-15-34-66(58)77)45-64(49-22-5-2-6-23-49)73(63)76-47-75(68-36-17-18-37-69(68)76)51-24-19-25-53(43-51)79-54-38-39-60-59-30-13-16-35-67(59)78(70(60)46-54)71-42-50(40-41-74-71)72-61-31-9-7-26-55(61)56-27-8-10-32-62(56)72/h1-46,72H,47H2. The fraction of sp³-hybridized carbons (Fsp3) is 0.0274. The third-order valence-corrected chi connectivity index (χ3v) is 16.3. The zero-order chi connectivity index (χ0) is 52.0. The Morgan fingerprint density at radius 3 is 1.51 bits per heavy atom. The Labute approximate surface area is 457 Å². The van der Waals surface area contributed by atoms with Crippen molar-refractivity contribution in [3.05, 3.63) is 296 Å². The minimum atomic E-state index is 0.109. The Hall–Kier alpha value is -10.4. The molecule has 1 aliphatic carbocycles. The lowest BCUT2D eigenvalue weighted by molar-refractivity contribution is 0.483. The predicted octanol–water partition coefficient (Wildman–Crippen LogP) is 18.8. The zero-order valence-electron chi connectivity index (χ0n) is 43.0. The van der Waals surface area contributed by atoms with Crippen molar-refractivity contribution in [1.82, 2.24) is 14.1 Å². The van der Waals surface area contributed by atoms with Gasteiger partial charge in [0.1, 0.15) is 24.0 Å². The number of benzene rings is 11. The summed E-state index contributed by atoms with van der Waals surface area (Å²) in [6.07, 6.45) is 1.96. The van der Waals surface area contributed by atoms with Crippen LogP contribution in [0.25, 0.3) is 88.5 Å². The fourth-order valence-electron chi connectivity index (χ4n) is 12.9. The Morgan fingerprint density at radius 2 is 0.873 bits per heavy atom. The van der Waals surface area contributed by atoms with E-state index in [1.807, 2.05) is 6.20 Å². The number of hydrogen-bond donors (Lipinski definition) is 0. The third-order valence-electron chi connectivity index (χ3n) is 16.3. The first kappa shape index (κ1) is 44.8. The van der Waals surface area contributed by atoms with Gasteiger partial charge in [-0.2, -0.15) is 0 Å². The van der Waals surface area contributed by atoms with Gasteiger partial charge in [0.05, 0.1) is 39.1 Å². The van der Waals surface area contributed by atoms with Gasteiger partial charge < -0.3 is 19.1 Å². The zero-order valence-corrected chi connectivity index (χ0v) is 43.0. The molecule has 1 aliphatic heterocycles. The van der Waals surface area contributed by atoms with Gasteiger partial charge in [0.25, 0.3) is 0 Å². The van der Waals surface area contributed by atoms with Gasteiger partial charge in [-0.25, -0.2) is 4.98 Å². The maximum absolute atomic E-state index is 6.94. The van der Waals surface area contributed by atoms with Crippen LogP contribution in [0.5, 0.6) is 11.5 Å². The van der Waals surface area contributed by atoms with Crippen molar-refractivity contribution in [1.29, 1.82) is 0 Å². The molecule has 0 N–H and O–H groups in total. The van der Waals surface area contributed by atoms with Crippen molar-refractivity contribution in [2.24, 2.45) is 0 Å². The van der Waals surface area contributed by atoms with E-state index >= 15 is 0 Å². The Balaban J connectivity index is 0.788. The van der Waals surface area contributed by atoms with Crippen molar-refractivity contribution in [2.75, 3.05) is 16.5 Å². The Bertz CT molecular complexity index is 4550. The SMILES string of the molecule is c1ccc(-c2cc(-n3c4ccccc4c4ccccc43)cc(-c3ccccc3)c2N2CN(c3cccc(Oc4ccc5c6ccccc6n(-c6cc(C7c8ccccc8-c8ccccc87)ccn6)c5c4)c3)c3ccccc32)cc1. The van der Waals surface area contributed by atoms with Crippen LogP contribution in [0, 0.1) is 0 Å². The van der Waals surface area contributed by atoms with E-state index in [4.69, 9.17) is 9.72 Å². The summed E-state index contributed by atoms with van der Waals surface area (Å²) in [6.45, 7) is 0.577. The molecular formula is C73H49N5O. The highest BCUT2D eigenvalue weighted by molar-refractivity contribution is 6.11. The highest BCUT2D eigenvalue weighted by Gasteiger charge is 2.33. The van der Waals surface area contributed by atoms with Crippen LogP contribution in [0.2, 0.25) is 0 Å². The minimum Gasteiger partial charge on any atom is -0.457 e. The molecule has 79 heavy (non-hydrogen) atoms. The van der Waals surface area contributed by atoms with Crippen LogP contribution in [0.4, 0.5) is 22.7 Å². The van der Waals surface area contributed by atoms with E-state index in [1.165, 1.54) is 55.0 Å². The van der Waals surface area contributed by atoms with E-state index in [0.717, 1.165) is 84.4 Å². The second-order valence-corrected chi connectivity index (χ2v) is 20.7. The first-order valence-electron chi connectivity index (χ1n) is 27.1. The molecule has 0 atom stereocenters. The van der Waals surface area contributed by atoms with Crippen molar-refractivity contribution in [3.63, 3.8) is 0 Å². The van der Waals surface area contributed by atoms with Crippen molar-refractivity contribution in [3.8, 4) is 56.4 Å². The van der Waals surface area contributed by atoms with Crippen LogP contribution in [-0.2, 0) is 0 Å². The maximum Gasteiger partial charge on any atom is 0.137 e. The second kappa shape index (κ2) is 18.1. The summed E-state index contributed by atoms with van der Waals surface area (Å²) >= 11 is 0. The average Bonchev–Trinajstić information content (AvgIpc) is 4.39. The molecule has 0 spiro atoms. The molecule has 4 heterocycles. The lowest BCUT2D eigenvalue weighted by Gasteiger charge is -2.28. The number of rotatable bonds is 9. The van der Waals surface area contributed by atoms with Gasteiger partial charge in [0, 0.05) is 68.3 Å². The van der Waals surface area contributed by atoms with Gasteiger partial charge in [0.2, 0.25) is 0 Å². The van der Waals surface area contributed by atoms with Crippen LogP contribution in [-0.4, -0.2) is 20.8 Å². The number of anilines is 4. The first-order chi connectivity index (χ1) is 39.2. The Morgan fingerprint density at radius 1 is 0.354 bits per heavy atom. The molecule has 6 heteroatoms. The quantitative estimate of drug-likeness (QED) is 0.144. The van der Waals surface area contributed by atoms with E-state index < -0.39 is 0 Å². The first-order valence-corrected chi connectivity index (χ1v) is 27.1. The summed E-state index contributed by atoms with van der Waals surface area (Å²) < 4.78 is 11.7. The van der Waals surface area contributed by atoms with Gasteiger partial charge in [-0.05, 0) is 118 Å². The molecule has 16 rings (SSSR count). The average molecular weight is 1010 g/mol. The highest BCUT2D eigenvalue weighted by Crippen LogP contribution is 2.52. The smallest absolute Gasteiger partial charge is 0.137 e. The number of nitrogens with zero attached hydrogens (tertiary/aromatic N) is 5. The molecular weight excluding hydrogens is 963 g/mol. The molecule has 0 saturated carbocycles. The maximum atomic E-state index is 6.94. The van der Waals surface area contributed by atoms with Crippen molar-refractivity contribution >= 4 is 66.4 Å². The topological polar surface area (TPSA) is 38.5 Å². The van der Waals surface area contributed by atoms with Crippen molar-refractivity contribution in [2.45, 2.75) is 5.92 Å². The highest BCUT2D eigenvalue weighted by atomic mass is 16.5. The number of fused-ring (bicyclic) bond motifs is 10. The molecule has 0 bridgehead atoms. The van der Waals surface area contributed by atoms with Crippen LogP contribution in [0.3, 0.4) is 0 Å². The number of para-hydroxylation sites is 5. The van der Waals surface area contributed by atoms with Crippen LogP contribution in [0.1, 0.15) is 22.6 Å². The van der Waals surface area contributed by atoms with E-state index in [2.05, 4.69) is 292 Å². The summed E-state index contributed by atoms with van der Waals surface area (Å²) in [5.74, 6) is 2.47. The molecule has 2 aliphatic rings. The summed E-state index contributed by atoms with van der Waals surface area (Å²) in [5, 5.41) is 4.78. The lowest BCUT2D eigenvalue weighted by Crippen LogP contribution is -2.25. The molecule has 11 aromatic carbocycles. The molecule has 372 valence electrons. The van der Waals surface area contributed by atoms with Gasteiger partial charge >= 0.3 is 0 Å². The lowest BCUT2D eigenvalue weighted by atomic mass is 9.90. The molecule has 14 aromatic rings. The van der Waals surface area contributed by atoms with E-state index in [0.29, 0.717) is 6.67 Å². The molecule has 0 amide bonds. The third kappa shape index (κ3) is 7.22. The summed E-state index contributed by atoms with van der Waals surface area (Å²) in [7, 11) is 0. The summed E-state index contributed by atoms with van der Waals surface area (Å²) in [4.78, 5) is 9.99.